The molecular formula is C17H19Cl2NO. The third-order valence-corrected chi connectivity index (χ3v) is 3.52. The molecule has 0 aliphatic carbocycles. The zero-order valence-electron chi connectivity index (χ0n) is 12.0. The number of halogens is 2. The smallest absolute Gasteiger partial charge is 0.142 e. The van der Waals surface area contributed by atoms with Gasteiger partial charge in [0, 0.05) is 23.7 Å². The van der Waals surface area contributed by atoms with Gasteiger partial charge in [-0.3, -0.25) is 0 Å². The lowest BCUT2D eigenvalue weighted by Crippen LogP contribution is -2.14. The van der Waals surface area contributed by atoms with E-state index in [9.17, 15) is 0 Å². The van der Waals surface area contributed by atoms with Crippen molar-refractivity contribution in [2.75, 3.05) is 6.61 Å². The first-order valence-corrected chi connectivity index (χ1v) is 7.81. The molecule has 0 spiro atoms. The molecule has 0 aliphatic heterocycles. The van der Waals surface area contributed by atoms with E-state index >= 15 is 0 Å². The molecule has 0 aromatic heterocycles. The number of hydrogen-bond donors (Lipinski definition) is 1. The van der Waals surface area contributed by atoms with Crippen molar-refractivity contribution in [2.24, 2.45) is 0 Å². The molecule has 0 radical (unpaired) electrons. The van der Waals surface area contributed by atoms with Crippen molar-refractivity contribution in [1.29, 1.82) is 0 Å². The average molecular weight is 324 g/mol. The Morgan fingerprint density at radius 1 is 1.05 bits per heavy atom. The predicted octanol–water partition coefficient (Wildman–Crippen LogP) is 5.07. The van der Waals surface area contributed by atoms with E-state index in [1.165, 1.54) is 5.56 Å². The summed E-state index contributed by atoms with van der Waals surface area (Å²) in [4.78, 5) is 0. The van der Waals surface area contributed by atoms with Crippen LogP contribution < -0.4 is 10.1 Å². The van der Waals surface area contributed by atoms with Crippen molar-refractivity contribution in [3.05, 3.63) is 63.6 Å². The van der Waals surface area contributed by atoms with Gasteiger partial charge in [-0.15, -0.1) is 0 Å². The van der Waals surface area contributed by atoms with Crippen LogP contribution in [0.3, 0.4) is 0 Å². The summed E-state index contributed by atoms with van der Waals surface area (Å²) in [6.07, 6.45) is 0.940. The highest BCUT2D eigenvalue weighted by Gasteiger charge is 2.10. The molecule has 0 bridgehead atoms. The van der Waals surface area contributed by atoms with Gasteiger partial charge < -0.3 is 10.1 Å². The fraction of sp³-hybridized carbons (Fsp3) is 0.294. The van der Waals surface area contributed by atoms with Crippen molar-refractivity contribution in [3.8, 4) is 5.75 Å². The third-order valence-electron chi connectivity index (χ3n) is 3.02. The van der Waals surface area contributed by atoms with Gasteiger partial charge in [-0.2, -0.15) is 0 Å². The molecule has 2 nitrogen and oxygen atoms in total. The predicted molar refractivity (Wildman–Crippen MR) is 89.2 cm³/mol. The van der Waals surface area contributed by atoms with E-state index in [0.717, 1.165) is 24.3 Å². The molecule has 4 heteroatoms. The summed E-state index contributed by atoms with van der Waals surface area (Å²) in [6.45, 7) is 4.16. The largest absolute Gasteiger partial charge is 0.492 e. The monoisotopic (exact) mass is 323 g/mol. The molecule has 2 rings (SSSR count). The van der Waals surface area contributed by atoms with Crippen LogP contribution in [0.2, 0.25) is 10.0 Å². The first-order chi connectivity index (χ1) is 10.2. The van der Waals surface area contributed by atoms with Gasteiger partial charge in [-0.25, -0.2) is 0 Å². The lowest BCUT2D eigenvalue weighted by atomic mass is 10.2. The van der Waals surface area contributed by atoms with Crippen LogP contribution in [0.25, 0.3) is 0 Å². The summed E-state index contributed by atoms with van der Waals surface area (Å²) in [7, 11) is 0. The fourth-order valence-electron chi connectivity index (χ4n) is 2.05. The summed E-state index contributed by atoms with van der Waals surface area (Å²) in [5.74, 6) is 0.725. The molecule has 0 saturated heterocycles. The maximum Gasteiger partial charge on any atom is 0.142 e. The average Bonchev–Trinajstić information content (AvgIpc) is 2.47. The molecule has 0 amide bonds. The zero-order chi connectivity index (χ0) is 15.1. The lowest BCUT2D eigenvalue weighted by molar-refractivity contribution is 0.313. The Morgan fingerprint density at radius 2 is 1.81 bits per heavy atom. The SMILES string of the molecule is CCCOc1c(Cl)cc(Cl)cc1CNCc1ccccc1. The van der Waals surface area contributed by atoms with E-state index in [1.54, 1.807) is 6.07 Å². The lowest BCUT2D eigenvalue weighted by Gasteiger charge is -2.14. The maximum atomic E-state index is 6.23. The van der Waals surface area contributed by atoms with Crippen molar-refractivity contribution >= 4 is 23.2 Å². The normalized spacial score (nSPS) is 10.6. The molecule has 2 aromatic rings. The van der Waals surface area contributed by atoms with E-state index in [2.05, 4.69) is 24.4 Å². The van der Waals surface area contributed by atoms with E-state index in [-0.39, 0.29) is 0 Å². The molecule has 0 heterocycles. The summed E-state index contributed by atoms with van der Waals surface area (Å²) in [6, 6.07) is 13.9. The van der Waals surface area contributed by atoms with Gasteiger partial charge in [-0.05, 0) is 24.1 Å². The Kier molecular flexibility index (Phi) is 6.37. The van der Waals surface area contributed by atoms with Crippen LogP contribution in [0.5, 0.6) is 5.75 Å². The highest BCUT2D eigenvalue weighted by Crippen LogP contribution is 2.32. The van der Waals surface area contributed by atoms with Crippen LogP contribution in [0.4, 0.5) is 0 Å². The quantitative estimate of drug-likeness (QED) is 0.767. The van der Waals surface area contributed by atoms with E-state index in [1.807, 2.05) is 24.3 Å². The number of rotatable bonds is 7. The fourth-order valence-corrected chi connectivity index (χ4v) is 2.64. The molecule has 2 aromatic carbocycles. The Hall–Kier alpha value is -1.22. The molecule has 21 heavy (non-hydrogen) atoms. The van der Waals surface area contributed by atoms with Gasteiger partial charge in [-0.1, -0.05) is 60.5 Å². The highest BCUT2D eigenvalue weighted by molar-refractivity contribution is 6.35. The summed E-state index contributed by atoms with van der Waals surface area (Å²) < 4.78 is 5.74. The second-order valence-corrected chi connectivity index (χ2v) is 5.66. The molecule has 0 unspecified atom stereocenters. The van der Waals surface area contributed by atoms with Crippen LogP contribution >= 0.6 is 23.2 Å². The Labute approximate surface area is 136 Å². The van der Waals surface area contributed by atoms with Gasteiger partial charge in [0.05, 0.1) is 11.6 Å². The minimum Gasteiger partial charge on any atom is -0.492 e. The van der Waals surface area contributed by atoms with Gasteiger partial charge in [0.15, 0.2) is 0 Å². The van der Waals surface area contributed by atoms with Crippen LogP contribution in [-0.4, -0.2) is 6.61 Å². The maximum absolute atomic E-state index is 6.23. The van der Waals surface area contributed by atoms with Crippen LogP contribution in [0, 0.1) is 0 Å². The summed E-state index contributed by atoms with van der Waals surface area (Å²) in [5.41, 5.74) is 2.22. The van der Waals surface area contributed by atoms with Crippen LogP contribution in [0.1, 0.15) is 24.5 Å². The van der Waals surface area contributed by atoms with Crippen molar-refractivity contribution in [3.63, 3.8) is 0 Å². The summed E-state index contributed by atoms with van der Waals surface area (Å²) in [5, 5.41) is 4.58. The molecule has 1 N–H and O–H groups in total. The molecule has 0 fully saturated rings. The molecule has 0 atom stereocenters. The van der Waals surface area contributed by atoms with Gasteiger partial charge in [0.2, 0.25) is 0 Å². The first kappa shape index (κ1) is 16.2. The number of nitrogens with one attached hydrogen (secondary N) is 1. The van der Waals surface area contributed by atoms with E-state index in [0.29, 0.717) is 23.2 Å². The van der Waals surface area contributed by atoms with E-state index < -0.39 is 0 Å². The molecule has 0 saturated carbocycles. The Bertz CT molecular complexity index is 573. The highest BCUT2D eigenvalue weighted by atomic mass is 35.5. The third kappa shape index (κ3) is 4.92. The van der Waals surface area contributed by atoms with Crippen LogP contribution in [-0.2, 0) is 13.1 Å². The second kappa shape index (κ2) is 8.28. The molecule has 0 aliphatic rings. The number of benzene rings is 2. The topological polar surface area (TPSA) is 21.3 Å². The minimum atomic E-state index is 0.562. The van der Waals surface area contributed by atoms with Gasteiger partial charge in [0.25, 0.3) is 0 Å². The Morgan fingerprint density at radius 3 is 2.52 bits per heavy atom. The standard InChI is InChI=1S/C17H19Cl2NO/c1-2-8-21-17-14(9-15(18)10-16(17)19)12-20-11-13-6-4-3-5-7-13/h3-7,9-10,20H,2,8,11-12H2,1H3. The van der Waals surface area contributed by atoms with Crippen LogP contribution in [0.15, 0.2) is 42.5 Å². The number of ether oxygens (including phenoxy) is 1. The molecule has 112 valence electrons. The Balaban J connectivity index is 2.04. The second-order valence-electron chi connectivity index (χ2n) is 4.81. The van der Waals surface area contributed by atoms with Crippen molar-refractivity contribution in [2.45, 2.75) is 26.4 Å². The van der Waals surface area contributed by atoms with Gasteiger partial charge >= 0.3 is 0 Å². The number of hydrogen-bond acceptors (Lipinski definition) is 2. The molecular weight excluding hydrogens is 305 g/mol. The van der Waals surface area contributed by atoms with E-state index in [4.69, 9.17) is 27.9 Å². The van der Waals surface area contributed by atoms with Gasteiger partial charge in [0.1, 0.15) is 5.75 Å². The first-order valence-electron chi connectivity index (χ1n) is 7.06. The van der Waals surface area contributed by atoms with Crippen molar-refractivity contribution in [1.82, 2.24) is 5.32 Å². The summed E-state index contributed by atoms with van der Waals surface area (Å²) >= 11 is 12.3. The zero-order valence-corrected chi connectivity index (χ0v) is 13.5. The minimum absolute atomic E-state index is 0.562. The van der Waals surface area contributed by atoms with Crippen molar-refractivity contribution < 1.29 is 4.74 Å².